The van der Waals surface area contributed by atoms with E-state index in [1.165, 1.54) is 24.0 Å². The number of fused-ring (bicyclic) bond motifs is 1. The number of benzene rings is 1. The highest BCUT2D eigenvalue weighted by Gasteiger charge is 2.25. The number of hydrogen-bond acceptors (Lipinski definition) is 3. The number of aryl methyl sites for hydroxylation is 2. The van der Waals surface area contributed by atoms with Gasteiger partial charge < -0.3 is 14.9 Å². The van der Waals surface area contributed by atoms with Crippen LogP contribution < -0.4 is 0 Å². The van der Waals surface area contributed by atoms with Gasteiger partial charge in [-0.15, -0.1) is 0 Å². The van der Waals surface area contributed by atoms with Crippen LogP contribution >= 0.6 is 0 Å². The van der Waals surface area contributed by atoms with Crippen LogP contribution in [0.2, 0.25) is 0 Å². The first kappa shape index (κ1) is 15.0. The molecule has 0 saturated carbocycles. The van der Waals surface area contributed by atoms with Gasteiger partial charge in [-0.3, -0.25) is 9.59 Å². The Balaban J connectivity index is 1.66. The van der Waals surface area contributed by atoms with Crippen LogP contribution in [0.5, 0.6) is 0 Å². The summed E-state index contributed by atoms with van der Waals surface area (Å²) in [6, 6.07) is 6.06. The van der Waals surface area contributed by atoms with E-state index in [0.717, 1.165) is 18.4 Å². The molecule has 1 aromatic carbocycles. The number of nitrogens with zero attached hydrogens (tertiary/aromatic N) is 2. The molecule has 118 valence electrons. The van der Waals surface area contributed by atoms with Crippen molar-refractivity contribution in [1.29, 1.82) is 0 Å². The SMILES string of the molecule is O=C(CO)N1CCN(C(=O)c2ccc3c(c2)CCCC3)CC1. The second kappa shape index (κ2) is 6.48. The Labute approximate surface area is 130 Å². The first-order chi connectivity index (χ1) is 10.7. The van der Waals surface area contributed by atoms with Crippen LogP contribution in [0.15, 0.2) is 18.2 Å². The quantitative estimate of drug-likeness (QED) is 0.881. The summed E-state index contributed by atoms with van der Waals surface area (Å²) >= 11 is 0. The third-order valence-electron chi connectivity index (χ3n) is 4.65. The first-order valence-electron chi connectivity index (χ1n) is 7.99. The molecule has 0 atom stereocenters. The summed E-state index contributed by atoms with van der Waals surface area (Å²) in [5.41, 5.74) is 3.44. The topological polar surface area (TPSA) is 60.9 Å². The average Bonchev–Trinajstić information content (AvgIpc) is 2.60. The van der Waals surface area contributed by atoms with E-state index in [0.29, 0.717) is 26.2 Å². The molecule has 5 nitrogen and oxygen atoms in total. The van der Waals surface area contributed by atoms with E-state index in [-0.39, 0.29) is 11.8 Å². The van der Waals surface area contributed by atoms with Crippen molar-refractivity contribution in [3.63, 3.8) is 0 Å². The molecule has 0 spiro atoms. The second-order valence-electron chi connectivity index (χ2n) is 6.02. The summed E-state index contributed by atoms with van der Waals surface area (Å²) in [4.78, 5) is 27.5. The minimum atomic E-state index is -0.460. The third-order valence-corrected chi connectivity index (χ3v) is 4.65. The zero-order valence-electron chi connectivity index (χ0n) is 12.8. The minimum Gasteiger partial charge on any atom is -0.387 e. The van der Waals surface area contributed by atoms with Crippen molar-refractivity contribution in [2.24, 2.45) is 0 Å². The van der Waals surface area contributed by atoms with Crippen molar-refractivity contribution in [3.8, 4) is 0 Å². The smallest absolute Gasteiger partial charge is 0.253 e. The van der Waals surface area contributed by atoms with Gasteiger partial charge in [0, 0.05) is 31.7 Å². The van der Waals surface area contributed by atoms with E-state index in [4.69, 9.17) is 5.11 Å². The molecule has 1 N–H and O–H groups in total. The molecule has 22 heavy (non-hydrogen) atoms. The molecule has 2 amide bonds. The van der Waals surface area contributed by atoms with E-state index in [2.05, 4.69) is 6.07 Å². The third kappa shape index (κ3) is 2.99. The zero-order valence-corrected chi connectivity index (χ0v) is 12.8. The first-order valence-corrected chi connectivity index (χ1v) is 7.99. The standard InChI is InChI=1S/C17H22N2O3/c20-12-16(21)18-7-9-19(10-8-18)17(22)15-6-5-13-3-1-2-4-14(13)11-15/h5-6,11,20H,1-4,7-10,12H2. The number of hydrogen-bond donors (Lipinski definition) is 1. The normalized spacial score (nSPS) is 18.0. The fourth-order valence-electron chi connectivity index (χ4n) is 3.31. The van der Waals surface area contributed by atoms with Crippen molar-refractivity contribution in [3.05, 3.63) is 34.9 Å². The minimum absolute atomic E-state index is 0.0458. The van der Waals surface area contributed by atoms with Crippen LogP contribution in [0.4, 0.5) is 0 Å². The molecule has 1 fully saturated rings. The largest absolute Gasteiger partial charge is 0.387 e. The molecular weight excluding hydrogens is 280 g/mol. The Kier molecular flexibility index (Phi) is 4.43. The lowest BCUT2D eigenvalue weighted by Gasteiger charge is -2.34. The lowest BCUT2D eigenvalue weighted by molar-refractivity contribution is -0.135. The molecule has 2 aliphatic rings. The van der Waals surface area contributed by atoms with Crippen LogP contribution in [-0.2, 0) is 17.6 Å². The zero-order chi connectivity index (χ0) is 15.5. The van der Waals surface area contributed by atoms with Gasteiger partial charge in [-0.1, -0.05) is 6.07 Å². The molecule has 1 aromatic rings. The predicted molar refractivity (Wildman–Crippen MR) is 82.7 cm³/mol. The molecule has 1 aliphatic carbocycles. The summed E-state index contributed by atoms with van der Waals surface area (Å²) in [5, 5.41) is 8.88. The van der Waals surface area contributed by atoms with E-state index >= 15 is 0 Å². The lowest BCUT2D eigenvalue weighted by atomic mass is 9.90. The van der Waals surface area contributed by atoms with E-state index < -0.39 is 6.61 Å². The monoisotopic (exact) mass is 302 g/mol. The molecule has 1 saturated heterocycles. The van der Waals surface area contributed by atoms with Crippen LogP contribution in [0.1, 0.15) is 34.3 Å². The van der Waals surface area contributed by atoms with Gasteiger partial charge in [0.1, 0.15) is 6.61 Å². The van der Waals surface area contributed by atoms with Crippen molar-refractivity contribution in [2.45, 2.75) is 25.7 Å². The second-order valence-corrected chi connectivity index (χ2v) is 6.02. The van der Waals surface area contributed by atoms with Crippen molar-refractivity contribution < 1.29 is 14.7 Å². The van der Waals surface area contributed by atoms with Gasteiger partial charge in [-0.05, 0) is 48.9 Å². The average molecular weight is 302 g/mol. The summed E-state index contributed by atoms with van der Waals surface area (Å²) in [6.07, 6.45) is 4.62. The fourth-order valence-corrected chi connectivity index (χ4v) is 3.31. The van der Waals surface area contributed by atoms with Gasteiger partial charge in [-0.25, -0.2) is 0 Å². The predicted octanol–water partition coefficient (Wildman–Crippen LogP) is 0.842. The van der Waals surface area contributed by atoms with Gasteiger partial charge in [0.2, 0.25) is 5.91 Å². The molecule has 5 heteroatoms. The molecule has 1 aliphatic heterocycles. The maximum atomic E-state index is 12.6. The number of amides is 2. The summed E-state index contributed by atoms with van der Waals surface area (Å²) in [5.74, 6) is -0.217. The maximum absolute atomic E-state index is 12.6. The van der Waals surface area contributed by atoms with Crippen molar-refractivity contribution >= 4 is 11.8 Å². The van der Waals surface area contributed by atoms with Gasteiger partial charge in [0.25, 0.3) is 5.91 Å². The van der Waals surface area contributed by atoms with Crippen molar-refractivity contribution in [2.75, 3.05) is 32.8 Å². The Morgan fingerprint density at radius 1 is 0.955 bits per heavy atom. The van der Waals surface area contributed by atoms with E-state index in [1.807, 2.05) is 12.1 Å². The Bertz CT molecular complexity index is 577. The van der Waals surface area contributed by atoms with Gasteiger partial charge in [0.05, 0.1) is 0 Å². The van der Waals surface area contributed by atoms with Crippen LogP contribution in [0, 0.1) is 0 Å². The number of aliphatic hydroxyl groups is 1. The number of rotatable bonds is 2. The van der Waals surface area contributed by atoms with Crippen LogP contribution in [0.3, 0.4) is 0 Å². The van der Waals surface area contributed by atoms with Crippen LogP contribution in [-0.4, -0.2) is 59.5 Å². The molecule has 3 rings (SSSR count). The van der Waals surface area contributed by atoms with Crippen LogP contribution in [0.25, 0.3) is 0 Å². The Morgan fingerprint density at radius 3 is 2.27 bits per heavy atom. The van der Waals surface area contributed by atoms with Gasteiger partial charge in [0.15, 0.2) is 0 Å². The number of piperazine rings is 1. The summed E-state index contributed by atoms with van der Waals surface area (Å²) in [6.45, 7) is 1.59. The highest BCUT2D eigenvalue weighted by atomic mass is 16.3. The molecule has 0 radical (unpaired) electrons. The number of aliphatic hydroxyl groups excluding tert-OH is 1. The van der Waals surface area contributed by atoms with E-state index in [9.17, 15) is 9.59 Å². The van der Waals surface area contributed by atoms with E-state index in [1.54, 1.807) is 9.80 Å². The number of carbonyl (C=O) groups is 2. The fraction of sp³-hybridized carbons (Fsp3) is 0.529. The molecule has 0 unspecified atom stereocenters. The molecular formula is C17H22N2O3. The highest BCUT2D eigenvalue weighted by molar-refractivity contribution is 5.94. The van der Waals surface area contributed by atoms with Gasteiger partial charge >= 0.3 is 0 Å². The summed E-state index contributed by atoms with van der Waals surface area (Å²) < 4.78 is 0. The maximum Gasteiger partial charge on any atom is 0.253 e. The molecule has 0 bridgehead atoms. The van der Waals surface area contributed by atoms with Gasteiger partial charge in [-0.2, -0.15) is 0 Å². The Hall–Kier alpha value is -1.88. The highest BCUT2D eigenvalue weighted by Crippen LogP contribution is 2.23. The molecule has 0 aromatic heterocycles. The lowest BCUT2D eigenvalue weighted by Crippen LogP contribution is -2.51. The van der Waals surface area contributed by atoms with Crippen molar-refractivity contribution in [1.82, 2.24) is 9.80 Å². The molecule has 1 heterocycles. The number of carbonyl (C=O) groups excluding carboxylic acids is 2. The summed E-state index contributed by atoms with van der Waals surface area (Å²) in [7, 11) is 0. The Morgan fingerprint density at radius 2 is 1.59 bits per heavy atom.